The lowest BCUT2D eigenvalue weighted by atomic mass is 10.1. The predicted octanol–water partition coefficient (Wildman–Crippen LogP) is 1.62. The van der Waals surface area contributed by atoms with E-state index < -0.39 is 0 Å². The number of terminal acetylenes is 1. The Morgan fingerprint density at radius 2 is 2.18 bits per heavy atom. The molecule has 1 unspecified atom stereocenters. The van der Waals surface area contributed by atoms with Crippen LogP contribution in [0, 0.1) is 12.3 Å². The van der Waals surface area contributed by atoms with Crippen molar-refractivity contribution in [2.24, 2.45) is 0 Å². The Morgan fingerprint density at radius 1 is 1.47 bits per heavy atom. The van der Waals surface area contributed by atoms with Crippen molar-refractivity contribution in [2.45, 2.75) is 25.9 Å². The molecule has 4 nitrogen and oxygen atoms in total. The highest BCUT2D eigenvalue weighted by molar-refractivity contribution is 5.51. The van der Waals surface area contributed by atoms with E-state index in [4.69, 9.17) is 15.9 Å². The van der Waals surface area contributed by atoms with E-state index in [1.54, 1.807) is 12.1 Å². The highest BCUT2D eigenvalue weighted by Gasteiger charge is 2.16. The lowest BCUT2D eigenvalue weighted by molar-refractivity contribution is 0.174. The maximum Gasteiger partial charge on any atom is 0.231 e. The highest BCUT2D eigenvalue weighted by atomic mass is 16.7. The van der Waals surface area contributed by atoms with Crippen LogP contribution >= 0.6 is 0 Å². The van der Waals surface area contributed by atoms with Crippen molar-refractivity contribution in [2.75, 3.05) is 6.79 Å². The zero-order valence-corrected chi connectivity index (χ0v) is 9.69. The molecule has 2 N–H and O–H groups in total. The van der Waals surface area contributed by atoms with Crippen LogP contribution in [0.1, 0.15) is 18.9 Å². The minimum Gasteiger partial charge on any atom is -0.507 e. The summed E-state index contributed by atoms with van der Waals surface area (Å²) < 4.78 is 10.4. The molecule has 1 aromatic carbocycles. The van der Waals surface area contributed by atoms with E-state index in [9.17, 15) is 5.11 Å². The normalized spacial score (nSPS) is 14.4. The third-order valence-corrected chi connectivity index (χ3v) is 2.64. The van der Waals surface area contributed by atoms with Gasteiger partial charge in [-0.2, -0.15) is 0 Å². The van der Waals surface area contributed by atoms with Gasteiger partial charge in [-0.25, -0.2) is 0 Å². The van der Waals surface area contributed by atoms with Crippen molar-refractivity contribution < 1.29 is 14.6 Å². The van der Waals surface area contributed by atoms with Gasteiger partial charge in [0, 0.05) is 30.6 Å². The van der Waals surface area contributed by atoms with Gasteiger partial charge in [0.15, 0.2) is 11.5 Å². The van der Waals surface area contributed by atoms with Crippen LogP contribution in [0.3, 0.4) is 0 Å². The molecule has 2 rings (SSSR count). The monoisotopic (exact) mass is 233 g/mol. The molecule has 0 saturated carbocycles. The molecule has 0 radical (unpaired) electrons. The quantitative estimate of drug-likeness (QED) is 0.776. The summed E-state index contributed by atoms with van der Waals surface area (Å²) in [5.41, 5.74) is 0.776. The van der Waals surface area contributed by atoms with E-state index in [1.165, 1.54) is 0 Å². The average molecular weight is 233 g/mol. The number of fused-ring (bicyclic) bond motifs is 1. The Kier molecular flexibility index (Phi) is 3.40. The van der Waals surface area contributed by atoms with Crippen LogP contribution in [0.15, 0.2) is 12.1 Å². The van der Waals surface area contributed by atoms with Crippen LogP contribution in [0.4, 0.5) is 0 Å². The lowest BCUT2D eigenvalue weighted by Crippen LogP contribution is -2.24. The number of nitrogens with one attached hydrogen (secondary N) is 1. The molecule has 0 bridgehead atoms. The summed E-state index contributed by atoms with van der Waals surface area (Å²) in [5, 5.41) is 13.0. The smallest absolute Gasteiger partial charge is 0.231 e. The van der Waals surface area contributed by atoms with Gasteiger partial charge in [-0.1, -0.05) is 0 Å². The van der Waals surface area contributed by atoms with Crippen molar-refractivity contribution in [3.05, 3.63) is 17.7 Å². The van der Waals surface area contributed by atoms with Crippen molar-refractivity contribution in [1.82, 2.24) is 5.32 Å². The maximum absolute atomic E-state index is 9.80. The number of hydrogen-bond acceptors (Lipinski definition) is 4. The fraction of sp³-hybridized carbons (Fsp3) is 0.385. The minimum atomic E-state index is 0.203. The van der Waals surface area contributed by atoms with Gasteiger partial charge in [-0.05, 0) is 13.0 Å². The number of ether oxygens (including phenoxy) is 2. The lowest BCUT2D eigenvalue weighted by Gasteiger charge is -2.12. The van der Waals surface area contributed by atoms with E-state index in [1.807, 2.05) is 6.92 Å². The van der Waals surface area contributed by atoms with Gasteiger partial charge >= 0.3 is 0 Å². The summed E-state index contributed by atoms with van der Waals surface area (Å²) in [7, 11) is 0. The van der Waals surface area contributed by atoms with Crippen LogP contribution in [0.5, 0.6) is 17.2 Å². The minimum absolute atomic E-state index is 0.203. The molecule has 90 valence electrons. The second kappa shape index (κ2) is 4.98. The first kappa shape index (κ1) is 11.6. The molecule has 1 aliphatic rings. The Labute approximate surface area is 101 Å². The fourth-order valence-electron chi connectivity index (χ4n) is 1.65. The van der Waals surface area contributed by atoms with E-state index in [0.29, 0.717) is 24.5 Å². The molecule has 1 heterocycles. The van der Waals surface area contributed by atoms with Crippen LogP contribution in [-0.2, 0) is 6.54 Å². The fourth-order valence-corrected chi connectivity index (χ4v) is 1.65. The van der Waals surface area contributed by atoms with Gasteiger partial charge in [0.1, 0.15) is 5.75 Å². The molecule has 0 spiro atoms. The predicted molar refractivity (Wildman–Crippen MR) is 64.0 cm³/mol. The molecular weight excluding hydrogens is 218 g/mol. The first-order chi connectivity index (χ1) is 8.20. The topological polar surface area (TPSA) is 50.7 Å². The van der Waals surface area contributed by atoms with Gasteiger partial charge in [0.25, 0.3) is 0 Å². The summed E-state index contributed by atoms with van der Waals surface area (Å²) in [6.45, 7) is 2.76. The van der Waals surface area contributed by atoms with Gasteiger partial charge in [0.2, 0.25) is 6.79 Å². The molecule has 4 heteroatoms. The van der Waals surface area contributed by atoms with E-state index in [0.717, 1.165) is 5.56 Å². The molecule has 0 aliphatic carbocycles. The Bertz CT molecular complexity index is 451. The Balaban J connectivity index is 2.04. The average Bonchev–Trinajstić information content (AvgIpc) is 2.73. The number of phenols is 1. The number of aromatic hydroxyl groups is 1. The van der Waals surface area contributed by atoms with Crippen molar-refractivity contribution in [1.29, 1.82) is 0 Å². The van der Waals surface area contributed by atoms with E-state index in [-0.39, 0.29) is 18.6 Å². The molecular formula is C13H15NO3. The molecule has 1 aliphatic heterocycles. The van der Waals surface area contributed by atoms with Gasteiger partial charge in [-0.3, -0.25) is 0 Å². The third kappa shape index (κ3) is 2.63. The first-order valence-corrected chi connectivity index (χ1v) is 5.49. The molecule has 1 aromatic rings. The summed E-state index contributed by atoms with van der Waals surface area (Å²) in [6.07, 6.45) is 5.88. The SMILES string of the molecule is C#CCC(C)NCc1cc2c(cc1O)OCO2. The second-order valence-electron chi connectivity index (χ2n) is 4.02. The summed E-state index contributed by atoms with van der Waals surface area (Å²) in [6, 6.07) is 3.57. The molecule has 0 aromatic heterocycles. The van der Waals surface area contributed by atoms with E-state index >= 15 is 0 Å². The number of hydrogen-bond donors (Lipinski definition) is 2. The van der Waals surface area contributed by atoms with Gasteiger partial charge in [0.05, 0.1) is 0 Å². The Morgan fingerprint density at radius 3 is 2.88 bits per heavy atom. The summed E-state index contributed by atoms with van der Waals surface area (Å²) in [5.74, 6) is 4.05. The highest BCUT2D eigenvalue weighted by Crippen LogP contribution is 2.37. The van der Waals surface area contributed by atoms with Crippen LogP contribution in [-0.4, -0.2) is 17.9 Å². The number of phenolic OH excluding ortho intramolecular Hbond substituents is 1. The van der Waals surface area contributed by atoms with Crippen LogP contribution in [0.2, 0.25) is 0 Å². The van der Waals surface area contributed by atoms with E-state index in [2.05, 4.69) is 11.2 Å². The van der Waals surface area contributed by atoms with Crippen LogP contribution < -0.4 is 14.8 Å². The molecule has 0 fully saturated rings. The number of rotatable bonds is 4. The van der Waals surface area contributed by atoms with Gasteiger partial charge < -0.3 is 19.9 Å². The van der Waals surface area contributed by atoms with Crippen molar-refractivity contribution in [3.8, 4) is 29.6 Å². The zero-order valence-electron chi connectivity index (χ0n) is 9.69. The molecule has 17 heavy (non-hydrogen) atoms. The first-order valence-electron chi connectivity index (χ1n) is 5.49. The zero-order chi connectivity index (χ0) is 12.3. The summed E-state index contributed by atoms with van der Waals surface area (Å²) in [4.78, 5) is 0. The molecule has 0 saturated heterocycles. The standard InChI is InChI=1S/C13H15NO3/c1-3-4-9(2)14-7-10-5-12-13(6-11(10)15)17-8-16-12/h1,5-6,9,14-15H,4,7-8H2,2H3. The van der Waals surface area contributed by atoms with Crippen LogP contribution in [0.25, 0.3) is 0 Å². The molecule has 1 atom stereocenters. The number of benzene rings is 1. The van der Waals surface area contributed by atoms with Crippen molar-refractivity contribution in [3.63, 3.8) is 0 Å². The maximum atomic E-state index is 9.80. The summed E-state index contributed by atoms with van der Waals surface area (Å²) >= 11 is 0. The Hall–Kier alpha value is -1.86. The molecule has 0 amide bonds. The largest absolute Gasteiger partial charge is 0.507 e. The van der Waals surface area contributed by atoms with Crippen molar-refractivity contribution >= 4 is 0 Å². The third-order valence-electron chi connectivity index (χ3n) is 2.64. The second-order valence-corrected chi connectivity index (χ2v) is 4.02. The van der Waals surface area contributed by atoms with Gasteiger partial charge in [-0.15, -0.1) is 12.3 Å².